The number of hydrogen-bond acceptors (Lipinski definition) is 5. The molecule has 96 valence electrons. The van der Waals surface area contributed by atoms with E-state index in [-0.39, 0.29) is 12.5 Å². The molecule has 0 bridgehead atoms. The second-order valence-corrected chi connectivity index (χ2v) is 4.60. The number of hydrogen-bond donors (Lipinski definition) is 1. The summed E-state index contributed by atoms with van der Waals surface area (Å²) in [4.78, 5) is 15.8. The van der Waals surface area contributed by atoms with Crippen molar-refractivity contribution in [1.29, 1.82) is 5.26 Å². The first-order valence-corrected chi connectivity index (χ1v) is 6.41. The van der Waals surface area contributed by atoms with Crippen LogP contribution in [0.15, 0.2) is 29.6 Å². The minimum absolute atomic E-state index is 0.155. The first-order valence-electron chi connectivity index (χ1n) is 5.53. The minimum atomic E-state index is -0.304. The van der Waals surface area contributed by atoms with E-state index in [1.165, 1.54) is 11.3 Å². The highest BCUT2D eigenvalue weighted by Crippen LogP contribution is 2.17. The van der Waals surface area contributed by atoms with Gasteiger partial charge in [0.15, 0.2) is 11.7 Å². The van der Waals surface area contributed by atoms with Crippen LogP contribution in [0.4, 0.5) is 5.13 Å². The Balaban J connectivity index is 1.92. The number of carbonyl (C=O) groups is 1. The number of carbonyl (C=O) groups excluding carboxylic acids is 1. The monoisotopic (exact) mass is 273 g/mol. The number of rotatable bonds is 4. The summed E-state index contributed by atoms with van der Waals surface area (Å²) >= 11 is 1.36. The third-order valence-electron chi connectivity index (χ3n) is 2.23. The van der Waals surface area contributed by atoms with Crippen LogP contribution in [0.1, 0.15) is 11.3 Å². The maximum atomic E-state index is 11.6. The van der Waals surface area contributed by atoms with E-state index >= 15 is 0 Å². The van der Waals surface area contributed by atoms with E-state index < -0.39 is 0 Å². The van der Waals surface area contributed by atoms with Crippen LogP contribution in [0.3, 0.4) is 0 Å². The quantitative estimate of drug-likeness (QED) is 0.927. The third-order valence-corrected chi connectivity index (χ3v) is 3.11. The van der Waals surface area contributed by atoms with Gasteiger partial charge in [-0.05, 0) is 19.1 Å². The van der Waals surface area contributed by atoms with Crippen molar-refractivity contribution in [2.24, 2.45) is 0 Å². The molecule has 5 nitrogen and oxygen atoms in total. The van der Waals surface area contributed by atoms with Crippen LogP contribution < -0.4 is 10.1 Å². The molecule has 2 rings (SSSR count). The number of nitriles is 1. The van der Waals surface area contributed by atoms with Gasteiger partial charge in [0.05, 0.1) is 11.3 Å². The second-order valence-electron chi connectivity index (χ2n) is 3.74. The number of nitrogens with one attached hydrogen (secondary N) is 1. The highest BCUT2D eigenvalue weighted by molar-refractivity contribution is 7.13. The summed E-state index contributed by atoms with van der Waals surface area (Å²) in [6, 6.07) is 8.78. The smallest absolute Gasteiger partial charge is 0.264 e. The van der Waals surface area contributed by atoms with Crippen LogP contribution in [0.2, 0.25) is 0 Å². The molecule has 0 spiro atoms. The molecule has 0 aliphatic carbocycles. The molecular weight excluding hydrogens is 262 g/mol. The van der Waals surface area contributed by atoms with Crippen molar-refractivity contribution in [2.45, 2.75) is 6.92 Å². The molecule has 1 amide bonds. The van der Waals surface area contributed by atoms with Crippen molar-refractivity contribution in [2.75, 3.05) is 11.9 Å². The predicted octanol–water partition coefficient (Wildman–Crippen LogP) is 2.34. The maximum absolute atomic E-state index is 11.6. The molecule has 1 aromatic carbocycles. The zero-order valence-electron chi connectivity index (χ0n) is 10.2. The van der Waals surface area contributed by atoms with E-state index in [0.717, 1.165) is 5.69 Å². The lowest BCUT2D eigenvalue weighted by molar-refractivity contribution is -0.118. The number of thiazole rings is 1. The SMILES string of the molecule is Cc1csc(NC(=O)COc2ccccc2C#N)n1. The molecule has 1 aromatic heterocycles. The Labute approximate surface area is 114 Å². The summed E-state index contributed by atoms with van der Waals surface area (Å²) in [5, 5.41) is 13.9. The number of amides is 1. The maximum Gasteiger partial charge on any atom is 0.264 e. The van der Waals surface area contributed by atoms with E-state index in [1.807, 2.05) is 18.4 Å². The van der Waals surface area contributed by atoms with Crippen molar-refractivity contribution >= 4 is 22.4 Å². The summed E-state index contributed by atoms with van der Waals surface area (Å²) in [7, 11) is 0. The van der Waals surface area contributed by atoms with Crippen molar-refractivity contribution in [3.8, 4) is 11.8 Å². The number of aromatic nitrogens is 1. The molecule has 0 radical (unpaired) electrons. The molecule has 0 aliphatic heterocycles. The third kappa shape index (κ3) is 3.53. The van der Waals surface area contributed by atoms with Gasteiger partial charge in [-0.1, -0.05) is 12.1 Å². The number of ether oxygens (including phenoxy) is 1. The Hall–Kier alpha value is -2.39. The van der Waals surface area contributed by atoms with E-state index in [0.29, 0.717) is 16.4 Å². The van der Waals surface area contributed by atoms with E-state index in [4.69, 9.17) is 10.00 Å². The molecule has 0 saturated carbocycles. The zero-order valence-corrected chi connectivity index (χ0v) is 11.0. The van der Waals surface area contributed by atoms with Gasteiger partial charge in [0.25, 0.3) is 5.91 Å². The molecule has 0 aliphatic rings. The Morgan fingerprint density at radius 1 is 1.53 bits per heavy atom. The lowest BCUT2D eigenvalue weighted by atomic mass is 10.2. The average molecular weight is 273 g/mol. The van der Waals surface area contributed by atoms with Crippen LogP contribution in [-0.2, 0) is 4.79 Å². The van der Waals surface area contributed by atoms with Crippen LogP contribution in [-0.4, -0.2) is 17.5 Å². The van der Waals surface area contributed by atoms with Crippen molar-refractivity contribution in [1.82, 2.24) is 4.98 Å². The van der Waals surface area contributed by atoms with Gasteiger partial charge in [0.2, 0.25) is 0 Å². The number of aryl methyl sites for hydroxylation is 1. The van der Waals surface area contributed by atoms with E-state index in [9.17, 15) is 4.79 Å². The Morgan fingerprint density at radius 2 is 2.32 bits per heavy atom. The van der Waals surface area contributed by atoms with Gasteiger partial charge in [0, 0.05) is 5.38 Å². The lowest BCUT2D eigenvalue weighted by Crippen LogP contribution is -2.20. The molecule has 0 atom stereocenters. The lowest BCUT2D eigenvalue weighted by Gasteiger charge is -2.06. The van der Waals surface area contributed by atoms with Gasteiger partial charge >= 0.3 is 0 Å². The van der Waals surface area contributed by atoms with Gasteiger partial charge < -0.3 is 4.74 Å². The fraction of sp³-hybridized carbons (Fsp3) is 0.154. The molecule has 1 N–H and O–H groups in total. The fourth-order valence-electron chi connectivity index (χ4n) is 1.39. The summed E-state index contributed by atoms with van der Waals surface area (Å²) in [6.45, 7) is 1.70. The highest BCUT2D eigenvalue weighted by Gasteiger charge is 2.08. The van der Waals surface area contributed by atoms with Gasteiger partial charge in [-0.3, -0.25) is 10.1 Å². The highest BCUT2D eigenvalue weighted by atomic mass is 32.1. The molecule has 6 heteroatoms. The van der Waals surface area contributed by atoms with Crippen LogP contribution in [0.5, 0.6) is 5.75 Å². The van der Waals surface area contributed by atoms with Crippen LogP contribution >= 0.6 is 11.3 Å². The first kappa shape index (κ1) is 13.1. The summed E-state index contributed by atoms with van der Waals surface area (Å²) < 4.78 is 5.31. The number of nitrogens with zero attached hydrogens (tertiary/aromatic N) is 2. The normalized spacial score (nSPS) is 9.68. The predicted molar refractivity (Wildman–Crippen MR) is 72.1 cm³/mol. The average Bonchev–Trinajstić information content (AvgIpc) is 2.82. The number of benzene rings is 1. The van der Waals surface area contributed by atoms with Gasteiger partial charge in [-0.15, -0.1) is 11.3 Å². The minimum Gasteiger partial charge on any atom is -0.482 e. The van der Waals surface area contributed by atoms with Crippen molar-refractivity contribution < 1.29 is 9.53 Å². The Kier molecular flexibility index (Phi) is 4.11. The Bertz CT molecular complexity index is 631. The summed E-state index contributed by atoms with van der Waals surface area (Å²) in [6.07, 6.45) is 0. The van der Waals surface area contributed by atoms with Crippen LogP contribution in [0, 0.1) is 18.3 Å². The fourth-order valence-corrected chi connectivity index (χ4v) is 2.10. The number of para-hydroxylation sites is 1. The molecule has 0 unspecified atom stereocenters. The van der Waals surface area contributed by atoms with E-state index in [1.54, 1.807) is 24.3 Å². The second kappa shape index (κ2) is 5.98. The molecule has 0 fully saturated rings. The first-order chi connectivity index (χ1) is 9.19. The topological polar surface area (TPSA) is 75.0 Å². The van der Waals surface area contributed by atoms with E-state index in [2.05, 4.69) is 10.3 Å². The summed E-state index contributed by atoms with van der Waals surface area (Å²) in [5.74, 6) is 0.0950. The Morgan fingerprint density at radius 3 is 3.00 bits per heavy atom. The van der Waals surface area contributed by atoms with Gasteiger partial charge in [0.1, 0.15) is 11.8 Å². The summed E-state index contributed by atoms with van der Waals surface area (Å²) in [5.41, 5.74) is 1.26. The van der Waals surface area contributed by atoms with Gasteiger partial charge in [-0.2, -0.15) is 5.26 Å². The molecular formula is C13H11N3O2S. The standard InChI is InChI=1S/C13H11N3O2S/c1-9-8-19-13(15-9)16-12(17)7-18-11-5-3-2-4-10(11)6-14/h2-5,8H,7H2,1H3,(H,15,16,17). The van der Waals surface area contributed by atoms with Crippen molar-refractivity contribution in [3.05, 3.63) is 40.9 Å². The molecule has 19 heavy (non-hydrogen) atoms. The zero-order chi connectivity index (χ0) is 13.7. The van der Waals surface area contributed by atoms with Crippen molar-refractivity contribution in [3.63, 3.8) is 0 Å². The largest absolute Gasteiger partial charge is 0.482 e. The van der Waals surface area contributed by atoms with Crippen LogP contribution in [0.25, 0.3) is 0 Å². The molecule has 2 aromatic rings. The molecule has 0 saturated heterocycles. The van der Waals surface area contributed by atoms with Gasteiger partial charge in [-0.25, -0.2) is 4.98 Å². The molecule has 1 heterocycles. The number of anilines is 1.